The number of ether oxygens (including phenoxy) is 1. The summed E-state index contributed by atoms with van der Waals surface area (Å²) in [6, 6.07) is 11.2. The summed E-state index contributed by atoms with van der Waals surface area (Å²) in [5, 5.41) is 2.42. The zero-order chi connectivity index (χ0) is 18.7. The molecule has 0 unspecified atom stereocenters. The third kappa shape index (κ3) is 4.26. The number of imidazole rings is 1. The van der Waals surface area contributed by atoms with E-state index in [0.29, 0.717) is 10.8 Å². The van der Waals surface area contributed by atoms with E-state index in [1.165, 1.54) is 11.8 Å². The molecule has 0 N–H and O–H groups in total. The van der Waals surface area contributed by atoms with Crippen molar-refractivity contribution in [2.75, 3.05) is 0 Å². The van der Waals surface area contributed by atoms with Crippen molar-refractivity contribution in [1.29, 1.82) is 0 Å². The second kappa shape index (κ2) is 7.51. The van der Waals surface area contributed by atoms with Gasteiger partial charge in [-0.2, -0.15) is 0 Å². The minimum atomic E-state index is -0.853. The first-order valence-corrected chi connectivity index (χ1v) is 9.14. The Kier molecular flexibility index (Phi) is 5.34. The molecular weight excluding hydrogens is 370 g/mol. The van der Waals surface area contributed by atoms with E-state index in [1.807, 2.05) is 48.0 Å². The number of pyridine rings is 1. The molecule has 1 aromatic carbocycles. The maximum atomic E-state index is 11.0. The molecule has 0 aliphatic rings. The average Bonchev–Trinajstić information content (AvgIpc) is 2.98. The molecule has 0 fully saturated rings. The molecule has 7 heteroatoms. The second-order valence-corrected chi connectivity index (χ2v) is 7.72. The van der Waals surface area contributed by atoms with E-state index in [4.69, 9.17) is 16.3 Å². The van der Waals surface area contributed by atoms with Gasteiger partial charge in [-0.15, -0.1) is 0 Å². The minimum Gasteiger partial charge on any atom is -0.480 e. The molecule has 2 aromatic heterocycles. The maximum absolute atomic E-state index is 11.0. The number of benzene rings is 1. The van der Waals surface area contributed by atoms with Gasteiger partial charge < -0.3 is 9.30 Å². The molecule has 134 valence electrons. The smallest absolute Gasteiger partial charge is 0.162 e. The standard InChI is InChI=1S/C19H18ClN3O2S/c1-19(2,11-24)25-15-7-4-13(5-8-15)17-18(23(3)12-22-17)26-16-9-6-14(20)10-21-16/h4-12H,1-3H3. The quantitative estimate of drug-likeness (QED) is 0.576. The molecule has 3 rings (SSSR count). The molecular formula is C19H18ClN3O2S. The van der Waals surface area contributed by atoms with Crippen LogP contribution in [0.5, 0.6) is 5.75 Å². The highest BCUT2D eigenvalue weighted by Gasteiger charge is 2.19. The molecule has 0 bridgehead atoms. The molecule has 5 nitrogen and oxygen atoms in total. The number of hydrogen-bond donors (Lipinski definition) is 0. The summed E-state index contributed by atoms with van der Waals surface area (Å²) < 4.78 is 7.62. The van der Waals surface area contributed by atoms with Crippen LogP contribution in [-0.4, -0.2) is 26.4 Å². The molecule has 0 spiro atoms. The normalized spacial score (nSPS) is 11.4. The van der Waals surface area contributed by atoms with Crippen LogP contribution in [0.2, 0.25) is 5.02 Å². The maximum Gasteiger partial charge on any atom is 0.162 e. The number of carbonyl (C=O) groups excluding carboxylic acids is 1. The van der Waals surface area contributed by atoms with Crippen molar-refractivity contribution in [3.05, 3.63) is 53.9 Å². The zero-order valence-electron chi connectivity index (χ0n) is 14.6. The van der Waals surface area contributed by atoms with Gasteiger partial charge in [0.05, 0.1) is 11.3 Å². The summed E-state index contributed by atoms with van der Waals surface area (Å²) >= 11 is 7.42. The Morgan fingerprint density at radius 3 is 2.50 bits per heavy atom. The summed E-state index contributed by atoms with van der Waals surface area (Å²) in [4.78, 5) is 19.8. The molecule has 0 saturated carbocycles. The van der Waals surface area contributed by atoms with Crippen molar-refractivity contribution in [3.63, 3.8) is 0 Å². The lowest BCUT2D eigenvalue weighted by Gasteiger charge is -2.19. The number of aldehydes is 1. The molecule has 2 heterocycles. The lowest BCUT2D eigenvalue weighted by atomic mass is 10.1. The second-order valence-electron chi connectivity index (χ2n) is 6.27. The molecule has 0 amide bonds. The van der Waals surface area contributed by atoms with Gasteiger partial charge in [-0.1, -0.05) is 11.6 Å². The van der Waals surface area contributed by atoms with E-state index < -0.39 is 5.60 Å². The van der Waals surface area contributed by atoms with Crippen LogP contribution in [0.1, 0.15) is 13.8 Å². The number of rotatable bonds is 6. The van der Waals surface area contributed by atoms with Crippen molar-refractivity contribution in [3.8, 4) is 17.0 Å². The van der Waals surface area contributed by atoms with Crippen molar-refractivity contribution < 1.29 is 9.53 Å². The highest BCUT2D eigenvalue weighted by molar-refractivity contribution is 7.99. The Labute approximate surface area is 161 Å². The summed E-state index contributed by atoms with van der Waals surface area (Å²) in [6.45, 7) is 3.45. The fourth-order valence-electron chi connectivity index (χ4n) is 2.27. The van der Waals surface area contributed by atoms with Gasteiger partial charge in [0.2, 0.25) is 0 Å². The molecule has 0 saturated heterocycles. The van der Waals surface area contributed by atoms with Crippen LogP contribution in [0.4, 0.5) is 0 Å². The van der Waals surface area contributed by atoms with Gasteiger partial charge in [0.1, 0.15) is 21.5 Å². The molecule has 0 aliphatic carbocycles. The lowest BCUT2D eigenvalue weighted by molar-refractivity contribution is -0.118. The van der Waals surface area contributed by atoms with Gasteiger partial charge in [0.15, 0.2) is 11.9 Å². The number of hydrogen-bond acceptors (Lipinski definition) is 5. The van der Waals surface area contributed by atoms with Crippen LogP contribution in [0.25, 0.3) is 11.3 Å². The predicted octanol–water partition coefficient (Wildman–Crippen LogP) is 4.64. The minimum absolute atomic E-state index is 0.605. The Morgan fingerprint density at radius 1 is 1.15 bits per heavy atom. The molecule has 0 atom stereocenters. The zero-order valence-corrected chi connectivity index (χ0v) is 16.2. The van der Waals surface area contributed by atoms with E-state index in [9.17, 15) is 4.79 Å². The summed E-state index contributed by atoms with van der Waals surface area (Å²) in [5.74, 6) is 0.635. The Balaban J connectivity index is 1.86. The van der Waals surface area contributed by atoms with Crippen LogP contribution in [0.15, 0.2) is 59.0 Å². The Hall–Kier alpha value is -2.31. The Bertz CT molecular complexity index is 906. The van der Waals surface area contributed by atoms with Gasteiger partial charge in [-0.05, 0) is 62.0 Å². The van der Waals surface area contributed by atoms with Gasteiger partial charge in [0.25, 0.3) is 0 Å². The van der Waals surface area contributed by atoms with Gasteiger partial charge >= 0.3 is 0 Å². The van der Waals surface area contributed by atoms with E-state index in [0.717, 1.165) is 27.6 Å². The first-order chi connectivity index (χ1) is 12.4. The monoisotopic (exact) mass is 387 g/mol. The van der Waals surface area contributed by atoms with Gasteiger partial charge in [-0.25, -0.2) is 9.97 Å². The number of aryl methyl sites for hydroxylation is 1. The largest absolute Gasteiger partial charge is 0.480 e. The van der Waals surface area contributed by atoms with Crippen molar-refractivity contribution in [2.45, 2.75) is 29.5 Å². The fourth-order valence-corrected chi connectivity index (χ4v) is 3.28. The first kappa shape index (κ1) is 18.5. The first-order valence-electron chi connectivity index (χ1n) is 7.94. The Morgan fingerprint density at radius 2 is 1.88 bits per heavy atom. The van der Waals surface area contributed by atoms with Crippen molar-refractivity contribution in [1.82, 2.24) is 14.5 Å². The molecule has 3 aromatic rings. The van der Waals surface area contributed by atoms with Crippen LogP contribution in [0.3, 0.4) is 0 Å². The van der Waals surface area contributed by atoms with Crippen LogP contribution in [-0.2, 0) is 11.8 Å². The highest BCUT2D eigenvalue weighted by Crippen LogP contribution is 2.35. The molecule has 0 radical (unpaired) electrons. The third-order valence-corrected chi connectivity index (χ3v) is 4.93. The average molecular weight is 388 g/mol. The van der Waals surface area contributed by atoms with E-state index in [-0.39, 0.29) is 0 Å². The molecule has 0 aliphatic heterocycles. The number of halogens is 1. The van der Waals surface area contributed by atoms with Gasteiger partial charge in [-0.3, -0.25) is 4.79 Å². The van der Waals surface area contributed by atoms with Gasteiger partial charge in [0, 0.05) is 18.8 Å². The van der Waals surface area contributed by atoms with E-state index in [1.54, 1.807) is 26.4 Å². The number of carbonyl (C=O) groups is 1. The van der Waals surface area contributed by atoms with Crippen molar-refractivity contribution in [2.24, 2.45) is 7.05 Å². The van der Waals surface area contributed by atoms with Crippen LogP contribution < -0.4 is 4.74 Å². The van der Waals surface area contributed by atoms with E-state index in [2.05, 4.69) is 9.97 Å². The van der Waals surface area contributed by atoms with E-state index >= 15 is 0 Å². The molecule has 26 heavy (non-hydrogen) atoms. The fraction of sp³-hybridized carbons (Fsp3) is 0.211. The predicted molar refractivity (Wildman–Crippen MR) is 103 cm³/mol. The third-order valence-electron chi connectivity index (χ3n) is 3.58. The van der Waals surface area contributed by atoms with Crippen molar-refractivity contribution >= 4 is 29.6 Å². The highest BCUT2D eigenvalue weighted by atomic mass is 35.5. The van der Waals surface area contributed by atoms with Crippen LogP contribution >= 0.6 is 23.4 Å². The topological polar surface area (TPSA) is 57.0 Å². The van der Waals surface area contributed by atoms with Crippen LogP contribution in [0, 0.1) is 0 Å². The number of nitrogens with zero attached hydrogens (tertiary/aromatic N) is 3. The SMILES string of the molecule is Cn1cnc(-c2ccc(OC(C)(C)C=O)cc2)c1Sc1ccc(Cl)cn1. The summed E-state index contributed by atoms with van der Waals surface area (Å²) in [6.07, 6.45) is 4.18. The number of aromatic nitrogens is 3. The lowest BCUT2D eigenvalue weighted by Crippen LogP contribution is -2.29. The summed E-state index contributed by atoms with van der Waals surface area (Å²) in [5.41, 5.74) is 0.960. The summed E-state index contributed by atoms with van der Waals surface area (Å²) in [7, 11) is 1.94.